The number of aromatic nitrogens is 1. The van der Waals surface area contributed by atoms with Crippen LogP contribution in [-0.2, 0) is 11.3 Å². The van der Waals surface area contributed by atoms with Crippen molar-refractivity contribution in [1.82, 2.24) is 4.57 Å². The van der Waals surface area contributed by atoms with Crippen LogP contribution in [0.1, 0.15) is 16.8 Å². The second kappa shape index (κ2) is 8.34. The topological polar surface area (TPSA) is 101 Å². The van der Waals surface area contributed by atoms with Gasteiger partial charge in [-0.15, -0.1) is 0 Å². The molecular weight excluding hydrogens is 364 g/mol. The number of rotatable bonds is 7. The van der Waals surface area contributed by atoms with Gasteiger partial charge < -0.3 is 14.0 Å². The summed E-state index contributed by atoms with van der Waals surface area (Å²) < 4.78 is 11.9. The van der Waals surface area contributed by atoms with Crippen LogP contribution in [0.15, 0.2) is 59.4 Å². The van der Waals surface area contributed by atoms with Crippen LogP contribution < -0.4 is 10.3 Å². The average molecular weight is 382 g/mol. The van der Waals surface area contributed by atoms with Gasteiger partial charge in [-0.25, -0.2) is 4.79 Å². The van der Waals surface area contributed by atoms with Gasteiger partial charge in [0.15, 0.2) is 0 Å². The molecule has 0 unspecified atom stereocenters. The average Bonchev–Trinajstić information content (AvgIpc) is 2.71. The smallest absolute Gasteiger partial charge is 0.337 e. The number of benzene rings is 2. The van der Waals surface area contributed by atoms with Gasteiger partial charge in [0.05, 0.1) is 29.7 Å². The zero-order valence-electron chi connectivity index (χ0n) is 15.2. The minimum absolute atomic E-state index is 0.0172. The lowest BCUT2D eigenvalue weighted by molar-refractivity contribution is -0.384. The zero-order chi connectivity index (χ0) is 20.1. The number of methoxy groups -OCH3 is 1. The molecule has 0 aliphatic heterocycles. The molecule has 144 valence electrons. The molecule has 0 radical (unpaired) electrons. The normalized spacial score (nSPS) is 10.6. The maximum atomic E-state index is 12.2. The van der Waals surface area contributed by atoms with Crippen LogP contribution in [0.3, 0.4) is 0 Å². The summed E-state index contributed by atoms with van der Waals surface area (Å²) in [4.78, 5) is 34.0. The standard InChI is InChI=1S/C20H18N2O6/c1-27-20(24)14-3-7-17(8-4-14)28-12-2-11-21-18-9-6-16(22(25)26)13-15(18)5-10-19(21)23/h3-10,13H,2,11-12H2,1H3. The van der Waals surface area contributed by atoms with E-state index in [-0.39, 0.29) is 11.2 Å². The predicted octanol–water partition coefficient (Wildman–Crippen LogP) is 3.17. The lowest BCUT2D eigenvalue weighted by Gasteiger charge is -2.11. The SMILES string of the molecule is COC(=O)c1ccc(OCCCn2c(=O)ccc3cc([N+](=O)[O-])ccc32)cc1. The van der Waals surface area contributed by atoms with Crippen molar-refractivity contribution >= 4 is 22.6 Å². The van der Waals surface area contributed by atoms with E-state index in [2.05, 4.69) is 4.74 Å². The number of nitro groups is 1. The van der Waals surface area contributed by atoms with Crippen LogP contribution in [0, 0.1) is 10.1 Å². The highest BCUT2D eigenvalue weighted by atomic mass is 16.6. The maximum absolute atomic E-state index is 12.2. The van der Waals surface area contributed by atoms with Crippen molar-refractivity contribution < 1.29 is 19.2 Å². The maximum Gasteiger partial charge on any atom is 0.337 e. The Bertz CT molecular complexity index is 1070. The summed E-state index contributed by atoms with van der Waals surface area (Å²) in [6.07, 6.45) is 0.564. The van der Waals surface area contributed by atoms with E-state index >= 15 is 0 Å². The molecule has 0 aliphatic rings. The monoisotopic (exact) mass is 382 g/mol. The summed E-state index contributed by atoms with van der Waals surface area (Å²) in [5.74, 6) is 0.190. The molecule has 0 saturated carbocycles. The lowest BCUT2D eigenvalue weighted by Crippen LogP contribution is -2.20. The van der Waals surface area contributed by atoms with Crippen LogP contribution in [-0.4, -0.2) is 29.2 Å². The number of esters is 1. The van der Waals surface area contributed by atoms with E-state index in [1.54, 1.807) is 41.0 Å². The van der Waals surface area contributed by atoms with Crippen LogP contribution in [0.2, 0.25) is 0 Å². The first-order valence-corrected chi connectivity index (χ1v) is 8.59. The van der Waals surface area contributed by atoms with Crippen molar-refractivity contribution in [3.63, 3.8) is 0 Å². The molecule has 3 rings (SSSR count). The summed E-state index contributed by atoms with van der Waals surface area (Å²) in [6, 6.07) is 14.0. The molecule has 0 N–H and O–H groups in total. The van der Waals surface area contributed by atoms with Crippen molar-refractivity contribution in [3.8, 4) is 5.75 Å². The third-order valence-electron chi connectivity index (χ3n) is 4.25. The number of pyridine rings is 1. The molecule has 0 amide bonds. The number of ether oxygens (including phenoxy) is 2. The van der Waals surface area contributed by atoms with E-state index in [9.17, 15) is 19.7 Å². The number of hydrogen-bond donors (Lipinski definition) is 0. The van der Waals surface area contributed by atoms with Gasteiger partial charge in [0.25, 0.3) is 11.2 Å². The van der Waals surface area contributed by atoms with Crippen LogP contribution in [0.5, 0.6) is 5.75 Å². The van der Waals surface area contributed by atoms with Crippen LogP contribution in [0.4, 0.5) is 5.69 Å². The summed E-state index contributed by atoms with van der Waals surface area (Å²) in [5, 5.41) is 11.5. The number of hydrogen-bond acceptors (Lipinski definition) is 6. The Labute approximate surface area is 160 Å². The summed E-state index contributed by atoms with van der Waals surface area (Å²) in [5.41, 5.74) is 0.881. The number of fused-ring (bicyclic) bond motifs is 1. The molecule has 8 nitrogen and oxygen atoms in total. The zero-order valence-corrected chi connectivity index (χ0v) is 15.2. The van der Waals surface area contributed by atoms with Crippen molar-refractivity contribution in [3.05, 3.63) is 80.6 Å². The summed E-state index contributed by atoms with van der Waals surface area (Å²) in [7, 11) is 1.32. The van der Waals surface area contributed by atoms with Crippen LogP contribution >= 0.6 is 0 Å². The molecule has 0 aliphatic carbocycles. The predicted molar refractivity (Wildman–Crippen MR) is 103 cm³/mol. The van der Waals surface area contributed by atoms with Gasteiger partial charge in [0, 0.05) is 30.1 Å². The highest BCUT2D eigenvalue weighted by molar-refractivity contribution is 5.89. The Balaban J connectivity index is 1.65. The molecule has 1 aromatic heterocycles. The second-order valence-corrected chi connectivity index (χ2v) is 6.04. The van der Waals surface area contributed by atoms with Crippen molar-refractivity contribution in [2.24, 2.45) is 0 Å². The molecule has 28 heavy (non-hydrogen) atoms. The second-order valence-electron chi connectivity index (χ2n) is 6.04. The Morgan fingerprint density at radius 3 is 2.54 bits per heavy atom. The summed E-state index contributed by atoms with van der Waals surface area (Å²) >= 11 is 0. The molecule has 0 atom stereocenters. The van der Waals surface area contributed by atoms with Crippen LogP contribution in [0.25, 0.3) is 10.9 Å². The fourth-order valence-corrected chi connectivity index (χ4v) is 2.85. The van der Waals surface area contributed by atoms with Gasteiger partial charge in [0.2, 0.25) is 0 Å². The Kier molecular flexibility index (Phi) is 5.69. The molecule has 0 fully saturated rings. The molecule has 0 spiro atoms. The van der Waals surface area contributed by atoms with E-state index in [1.165, 1.54) is 25.3 Å². The highest BCUT2D eigenvalue weighted by Crippen LogP contribution is 2.20. The van der Waals surface area contributed by atoms with Gasteiger partial charge in [-0.05, 0) is 42.8 Å². The number of nitro benzene ring substituents is 1. The largest absolute Gasteiger partial charge is 0.494 e. The van der Waals surface area contributed by atoms with Gasteiger partial charge >= 0.3 is 5.97 Å². The Morgan fingerprint density at radius 2 is 1.86 bits per heavy atom. The Hall–Kier alpha value is -3.68. The minimum Gasteiger partial charge on any atom is -0.494 e. The van der Waals surface area contributed by atoms with Crippen molar-refractivity contribution in [2.75, 3.05) is 13.7 Å². The third kappa shape index (κ3) is 4.17. The molecule has 3 aromatic rings. The number of nitrogens with zero attached hydrogens (tertiary/aromatic N) is 2. The van der Waals surface area contributed by atoms with E-state index < -0.39 is 10.9 Å². The third-order valence-corrected chi connectivity index (χ3v) is 4.25. The highest BCUT2D eigenvalue weighted by Gasteiger charge is 2.09. The first-order valence-electron chi connectivity index (χ1n) is 8.59. The molecular formula is C20H18N2O6. The van der Waals surface area contributed by atoms with E-state index in [1.807, 2.05) is 0 Å². The Morgan fingerprint density at radius 1 is 1.11 bits per heavy atom. The fraction of sp³-hybridized carbons (Fsp3) is 0.200. The van der Waals surface area contributed by atoms with E-state index in [0.717, 1.165) is 0 Å². The first kappa shape index (κ1) is 19.1. The van der Waals surface area contributed by atoms with Crippen molar-refractivity contribution in [2.45, 2.75) is 13.0 Å². The fourth-order valence-electron chi connectivity index (χ4n) is 2.85. The first-order chi connectivity index (χ1) is 13.5. The van der Waals surface area contributed by atoms with Crippen molar-refractivity contribution in [1.29, 1.82) is 0 Å². The van der Waals surface area contributed by atoms with Gasteiger partial charge in [0.1, 0.15) is 5.75 Å². The quantitative estimate of drug-likeness (QED) is 0.269. The molecule has 8 heteroatoms. The molecule has 2 aromatic carbocycles. The molecule has 1 heterocycles. The molecule has 0 saturated heterocycles. The number of aryl methyl sites for hydroxylation is 1. The minimum atomic E-state index is -0.464. The number of carbonyl (C=O) groups is 1. The van der Waals surface area contributed by atoms with Gasteiger partial charge in [-0.3, -0.25) is 14.9 Å². The number of carbonyl (C=O) groups excluding carboxylic acids is 1. The van der Waals surface area contributed by atoms with Gasteiger partial charge in [-0.2, -0.15) is 0 Å². The summed E-state index contributed by atoms with van der Waals surface area (Å²) in [6.45, 7) is 0.779. The lowest BCUT2D eigenvalue weighted by atomic mass is 10.2. The van der Waals surface area contributed by atoms with Gasteiger partial charge in [-0.1, -0.05) is 0 Å². The van der Waals surface area contributed by atoms with E-state index in [4.69, 9.17) is 4.74 Å². The van der Waals surface area contributed by atoms with E-state index in [0.29, 0.717) is 41.8 Å². The number of non-ortho nitro benzene ring substituents is 1. The molecule has 0 bridgehead atoms.